The van der Waals surface area contributed by atoms with E-state index in [0.717, 1.165) is 0 Å². The first-order chi connectivity index (χ1) is 12.0. The zero-order chi connectivity index (χ0) is 20.0. The summed E-state index contributed by atoms with van der Waals surface area (Å²) < 4.78 is 0. The molecule has 0 bridgehead atoms. The van der Waals surface area contributed by atoms with Crippen LogP contribution in [0.2, 0.25) is 0 Å². The molecule has 9 heteroatoms. The fourth-order valence-corrected chi connectivity index (χ4v) is 2.92. The molecule has 1 aliphatic rings. The third-order valence-electron chi connectivity index (χ3n) is 4.30. The van der Waals surface area contributed by atoms with E-state index in [1.165, 1.54) is 18.7 Å². The average Bonchev–Trinajstić information content (AvgIpc) is 3.02. The molecule has 3 amide bonds. The number of hydrogen-bond donors (Lipinski definition) is 4. The number of carbonyl (C=O) groups excluding carboxylic acids is 3. The molecule has 1 aliphatic heterocycles. The summed E-state index contributed by atoms with van der Waals surface area (Å²) in [6.45, 7) is 7.21. The predicted octanol–water partition coefficient (Wildman–Crippen LogP) is -0.555. The molecule has 0 saturated carbocycles. The minimum absolute atomic E-state index is 0.139. The Hall–Kier alpha value is -2.16. The first kappa shape index (κ1) is 21.9. The smallest absolute Gasteiger partial charge is 0.326 e. The molecule has 0 aromatic carbocycles. The Morgan fingerprint density at radius 2 is 1.73 bits per heavy atom. The van der Waals surface area contributed by atoms with Crippen molar-refractivity contribution in [1.29, 1.82) is 0 Å². The highest BCUT2D eigenvalue weighted by Crippen LogP contribution is 2.18. The van der Waals surface area contributed by atoms with Gasteiger partial charge in [-0.3, -0.25) is 14.4 Å². The minimum Gasteiger partial charge on any atom is -0.480 e. The van der Waals surface area contributed by atoms with Crippen molar-refractivity contribution < 1.29 is 24.3 Å². The van der Waals surface area contributed by atoms with Crippen LogP contribution in [0, 0.1) is 5.92 Å². The van der Waals surface area contributed by atoms with E-state index in [2.05, 4.69) is 10.6 Å². The van der Waals surface area contributed by atoms with Gasteiger partial charge in [0.05, 0.1) is 6.04 Å². The number of carboxylic acids is 1. The summed E-state index contributed by atoms with van der Waals surface area (Å²) in [5.74, 6) is -2.28. The highest BCUT2D eigenvalue weighted by atomic mass is 16.4. The molecule has 148 valence electrons. The molecule has 4 unspecified atom stereocenters. The van der Waals surface area contributed by atoms with Crippen molar-refractivity contribution >= 4 is 23.7 Å². The van der Waals surface area contributed by atoms with E-state index in [9.17, 15) is 24.3 Å². The summed E-state index contributed by atoms with van der Waals surface area (Å²) in [5.41, 5.74) is 5.53. The van der Waals surface area contributed by atoms with E-state index < -0.39 is 47.9 Å². The third kappa shape index (κ3) is 5.98. The van der Waals surface area contributed by atoms with Crippen molar-refractivity contribution in [3.8, 4) is 0 Å². The van der Waals surface area contributed by atoms with Crippen molar-refractivity contribution in [2.75, 3.05) is 6.54 Å². The van der Waals surface area contributed by atoms with Gasteiger partial charge in [-0.05, 0) is 39.0 Å². The molecule has 26 heavy (non-hydrogen) atoms. The summed E-state index contributed by atoms with van der Waals surface area (Å²) in [5, 5.41) is 14.4. The molecule has 0 aliphatic carbocycles. The predicted molar refractivity (Wildman–Crippen MR) is 95.0 cm³/mol. The summed E-state index contributed by atoms with van der Waals surface area (Å²) in [6, 6.07) is -3.30. The second-order valence-electron chi connectivity index (χ2n) is 7.24. The van der Waals surface area contributed by atoms with E-state index in [1.54, 1.807) is 0 Å². The number of carbonyl (C=O) groups is 4. The maximum atomic E-state index is 12.5. The van der Waals surface area contributed by atoms with E-state index >= 15 is 0 Å². The number of hydrogen-bond acceptors (Lipinski definition) is 5. The van der Waals surface area contributed by atoms with Gasteiger partial charge in [0.1, 0.15) is 18.1 Å². The van der Waals surface area contributed by atoms with Crippen LogP contribution in [0.5, 0.6) is 0 Å². The molecule has 0 aromatic heterocycles. The number of likely N-dealkylation sites (tertiary alicyclic amines) is 1. The maximum Gasteiger partial charge on any atom is 0.326 e. The zero-order valence-electron chi connectivity index (χ0n) is 15.8. The fourth-order valence-electron chi connectivity index (χ4n) is 2.92. The normalized spacial score (nSPS) is 20.4. The monoisotopic (exact) mass is 370 g/mol. The van der Waals surface area contributed by atoms with Crippen LogP contribution in [-0.4, -0.2) is 64.4 Å². The Labute approximate surface area is 153 Å². The lowest BCUT2D eigenvalue weighted by Gasteiger charge is -2.27. The molecule has 1 heterocycles. The molecular formula is C17H30N4O5. The number of amides is 3. The Morgan fingerprint density at radius 3 is 2.23 bits per heavy atom. The molecule has 9 nitrogen and oxygen atoms in total. The van der Waals surface area contributed by atoms with E-state index in [0.29, 0.717) is 25.8 Å². The Kier molecular flexibility index (Phi) is 8.01. The summed E-state index contributed by atoms with van der Waals surface area (Å²) in [6.07, 6.45) is 1.42. The van der Waals surface area contributed by atoms with Crippen LogP contribution in [0.1, 0.15) is 47.0 Å². The second kappa shape index (κ2) is 9.51. The number of nitrogens with one attached hydrogen (secondary N) is 2. The van der Waals surface area contributed by atoms with Crippen LogP contribution >= 0.6 is 0 Å². The molecule has 0 radical (unpaired) electrons. The van der Waals surface area contributed by atoms with Gasteiger partial charge in [-0.15, -0.1) is 0 Å². The lowest BCUT2D eigenvalue weighted by atomic mass is 10.0. The van der Waals surface area contributed by atoms with Crippen LogP contribution in [0.25, 0.3) is 0 Å². The van der Waals surface area contributed by atoms with Gasteiger partial charge in [-0.25, -0.2) is 4.79 Å². The molecule has 0 spiro atoms. The van der Waals surface area contributed by atoms with Crippen molar-refractivity contribution in [2.45, 2.75) is 71.1 Å². The summed E-state index contributed by atoms with van der Waals surface area (Å²) in [4.78, 5) is 49.4. The average molecular weight is 370 g/mol. The Morgan fingerprint density at radius 1 is 1.12 bits per heavy atom. The highest BCUT2D eigenvalue weighted by Gasteiger charge is 2.36. The van der Waals surface area contributed by atoms with Gasteiger partial charge < -0.3 is 26.4 Å². The van der Waals surface area contributed by atoms with Crippen LogP contribution < -0.4 is 16.4 Å². The van der Waals surface area contributed by atoms with Gasteiger partial charge in [-0.1, -0.05) is 13.8 Å². The maximum absolute atomic E-state index is 12.5. The standard InChI is InChI=1S/C17H30N4O5/c1-9(2)8-12(20-14(22)10(3)18)15(23)19-11(4)16(24)21-7-5-6-13(21)17(25)26/h9-13H,5-8,18H2,1-4H3,(H,19,23)(H,20,22)(H,25,26). The fraction of sp³-hybridized carbons (Fsp3) is 0.765. The molecule has 0 aromatic rings. The lowest BCUT2D eigenvalue weighted by molar-refractivity contribution is -0.149. The van der Waals surface area contributed by atoms with Crippen LogP contribution in [-0.2, 0) is 19.2 Å². The first-order valence-electron chi connectivity index (χ1n) is 8.94. The quantitative estimate of drug-likeness (QED) is 0.451. The molecule has 1 fully saturated rings. The van der Waals surface area contributed by atoms with Crippen molar-refractivity contribution in [3.05, 3.63) is 0 Å². The SMILES string of the molecule is CC(C)CC(NC(=O)C(C)N)C(=O)NC(C)C(=O)N1CCCC1C(=O)O. The summed E-state index contributed by atoms with van der Waals surface area (Å²) in [7, 11) is 0. The number of aliphatic carboxylic acids is 1. The highest BCUT2D eigenvalue weighted by molar-refractivity contribution is 5.94. The van der Waals surface area contributed by atoms with Crippen molar-refractivity contribution in [2.24, 2.45) is 11.7 Å². The van der Waals surface area contributed by atoms with Crippen LogP contribution in [0.3, 0.4) is 0 Å². The minimum atomic E-state index is -1.05. The number of carboxylic acid groups (broad SMARTS) is 1. The molecule has 1 saturated heterocycles. The van der Waals surface area contributed by atoms with Crippen molar-refractivity contribution in [3.63, 3.8) is 0 Å². The van der Waals surface area contributed by atoms with Crippen LogP contribution in [0.4, 0.5) is 0 Å². The zero-order valence-corrected chi connectivity index (χ0v) is 15.8. The van der Waals surface area contributed by atoms with Gasteiger partial charge >= 0.3 is 5.97 Å². The molecule has 5 N–H and O–H groups in total. The number of rotatable bonds is 8. The number of nitrogens with zero attached hydrogens (tertiary/aromatic N) is 1. The lowest BCUT2D eigenvalue weighted by Crippen LogP contribution is -2.56. The first-order valence-corrected chi connectivity index (χ1v) is 8.94. The largest absolute Gasteiger partial charge is 0.480 e. The molecule has 4 atom stereocenters. The number of nitrogens with two attached hydrogens (primary N) is 1. The Bertz CT molecular complexity index is 549. The van der Waals surface area contributed by atoms with Gasteiger partial charge in [0, 0.05) is 6.54 Å². The second-order valence-corrected chi connectivity index (χ2v) is 7.24. The van der Waals surface area contributed by atoms with Gasteiger partial charge in [0.15, 0.2) is 0 Å². The summed E-state index contributed by atoms with van der Waals surface area (Å²) >= 11 is 0. The topological polar surface area (TPSA) is 142 Å². The van der Waals surface area contributed by atoms with Gasteiger partial charge in [-0.2, -0.15) is 0 Å². The van der Waals surface area contributed by atoms with Gasteiger partial charge in [0.2, 0.25) is 17.7 Å². The van der Waals surface area contributed by atoms with E-state index in [1.807, 2.05) is 13.8 Å². The van der Waals surface area contributed by atoms with Gasteiger partial charge in [0.25, 0.3) is 0 Å². The third-order valence-corrected chi connectivity index (χ3v) is 4.30. The van der Waals surface area contributed by atoms with E-state index in [-0.39, 0.29) is 5.92 Å². The Balaban J connectivity index is 2.75. The van der Waals surface area contributed by atoms with E-state index in [4.69, 9.17) is 5.73 Å². The van der Waals surface area contributed by atoms with Crippen molar-refractivity contribution in [1.82, 2.24) is 15.5 Å². The molecule has 1 rings (SSSR count). The van der Waals surface area contributed by atoms with Crippen LogP contribution in [0.15, 0.2) is 0 Å². The molecular weight excluding hydrogens is 340 g/mol.